The molecule has 0 aromatic heterocycles. The Morgan fingerprint density at radius 2 is 0.643 bits per heavy atom. The van der Waals surface area contributed by atoms with Crippen molar-refractivity contribution >= 4 is 11.8 Å². The Kier molecular flexibility index (Phi) is 24.6. The lowest BCUT2D eigenvalue weighted by molar-refractivity contribution is -0.398. The molecule has 38 nitrogen and oxygen atoms in total. The number of carbonyl (C=O) groups is 2. The lowest BCUT2D eigenvalue weighted by atomic mass is 9.94. The summed E-state index contributed by atoms with van der Waals surface area (Å²) in [5.74, 6) is -1.62. The maximum Gasteiger partial charge on any atom is 0.217 e. The molecule has 0 aliphatic carbocycles. The van der Waals surface area contributed by atoms with Crippen LogP contribution >= 0.6 is 0 Å². The van der Waals surface area contributed by atoms with Gasteiger partial charge in [-0.2, -0.15) is 0 Å². The fourth-order valence-electron chi connectivity index (χ4n) is 10.6. The highest BCUT2D eigenvalue weighted by molar-refractivity contribution is 5.73. The summed E-state index contributed by atoms with van der Waals surface area (Å²) < 4.78 is 74.4. The van der Waals surface area contributed by atoms with Crippen molar-refractivity contribution in [3.63, 3.8) is 0 Å². The zero-order valence-corrected chi connectivity index (χ0v) is 44.7. The van der Waals surface area contributed by atoms with Gasteiger partial charge in [0, 0.05) is 13.8 Å². The third-order valence-electron chi connectivity index (χ3n) is 15.3. The van der Waals surface area contributed by atoms with Crippen molar-refractivity contribution in [2.45, 2.75) is 229 Å². The van der Waals surface area contributed by atoms with Crippen molar-refractivity contribution in [1.29, 1.82) is 0 Å². The van der Waals surface area contributed by atoms with Crippen molar-refractivity contribution in [3.8, 4) is 0 Å². The molecule has 7 saturated heterocycles. The molecule has 0 bridgehead atoms. The molecule has 488 valence electrons. The minimum absolute atomic E-state index is 0.742. The Balaban J connectivity index is 1.17. The van der Waals surface area contributed by atoms with E-state index in [9.17, 15) is 117 Å². The van der Waals surface area contributed by atoms with E-state index in [2.05, 4.69) is 10.6 Å². The molecule has 35 atom stereocenters. The summed E-state index contributed by atoms with van der Waals surface area (Å²) in [6.45, 7) is -4.73. The predicted molar refractivity (Wildman–Crippen MR) is 255 cm³/mol. The highest BCUT2D eigenvalue weighted by Gasteiger charge is 2.58. The molecule has 2 amide bonds. The molecule has 0 spiro atoms. The number of rotatable bonds is 21. The number of amides is 2. The molecule has 0 unspecified atom stereocenters. The SMILES string of the molecule is CC(=O)N[C@@H]1[C@@H](O)[C@H](O[C@@H]2O[C@H](CO)[C@@H](O[C@H]3O[C@H](CO[C@H]4O[C@H](CO[C@H]5O[C@H](CO)[C@@H](O)[C@H](O)[C@@H]5O)[C@@H](O)[C@H](O)[C@@H]4O)[C@@H](O)[C@H](O[C@H]4O[C@H](CO)[C@@H](O)[C@H](O)[C@@H]4O[C@H]4O[C@H](CO)[C@@H](O)[C@H](O)[C@@H]4O)[C@@H]3O)[C@H](O)[C@H]2NC(C)=O)[C@@H](CO)O[C@H]1O. The molecule has 84 heavy (non-hydrogen) atoms. The normalized spacial score (nSPS) is 50.3. The Labute approximate surface area is 475 Å². The van der Waals surface area contributed by atoms with Gasteiger partial charge in [-0.05, 0) is 0 Å². The van der Waals surface area contributed by atoms with Gasteiger partial charge in [-0.25, -0.2) is 0 Å². The van der Waals surface area contributed by atoms with Crippen LogP contribution in [0, 0.1) is 0 Å². The Bertz CT molecular complexity index is 2060. The molecular weight excluding hydrogens is 1160 g/mol. The highest BCUT2D eigenvalue weighted by atomic mass is 16.8. The average Bonchev–Trinajstić information content (AvgIpc) is 2.89. The molecule has 0 saturated carbocycles. The first-order valence-electron chi connectivity index (χ1n) is 26.6. The average molecular weight is 1240 g/mol. The third kappa shape index (κ3) is 14.9. The smallest absolute Gasteiger partial charge is 0.217 e. The maximum absolute atomic E-state index is 12.7. The molecule has 38 heteroatoms. The fraction of sp³-hybridized carbons (Fsp3) is 0.957. The number of hydrogen-bond donors (Lipinski definition) is 23. The number of ether oxygens (including phenoxy) is 13. The van der Waals surface area contributed by atoms with Crippen LogP contribution in [0.5, 0.6) is 0 Å². The van der Waals surface area contributed by atoms with E-state index >= 15 is 0 Å². The Hall–Kier alpha value is -2.42. The summed E-state index contributed by atoms with van der Waals surface area (Å²) in [7, 11) is 0. The summed E-state index contributed by atoms with van der Waals surface area (Å²) in [6.07, 6.45) is -65.2. The van der Waals surface area contributed by atoms with E-state index in [-0.39, 0.29) is 0 Å². The summed E-state index contributed by atoms with van der Waals surface area (Å²) in [4.78, 5) is 24.7. The molecule has 7 fully saturated rings. The second-order valence-corrected chi connectivity index (χ2v) is 21.1. The fourth-order valence-corrected chi connectivity index (χ4v) is 10.6. The van der Waals surface area contributed by atoms with Gasteiger partial charge < -0.3 is 179 Å². The van der Waals surface area contributed by atoms with E-state index in [0.29, 0.717) is 0 Å². The first-order chi connectivity index (χ1) is 39.7. The van der Waals surface area contributed by atoms with Gasteiger partial charge in [0.25, 0.3) is 0 Å². The second-order valence-electron chi connectivity index (χ2n) is 21.1. The van der Waals surface area contributed by atoms with E-state index < -0.39 is 273 Å². The van der Waals surface area contributed by atoms with Crippen LogP contribution in [0.4, 0.5) is 0 Å². The molecule has 7 aliphatic rings. The van der Waals surface area contributed by atoms with E-state index in [1.165, 1.54) is 0 Å². The van der Waals surface area contributed by atoms with Crippen LogP contribution in [0.3, 0.4) is 0 Å². The molecule has 7 heterocycles. The van der Waals surface area contributed by atoms with Gasteiger partial charge in [-0.3, -0.25) is 9.59 Å². The topological polar surface area (TPSA) is 603 Å². The molecule has 23 N–H and O–H groups in total. The summed E-state index contributed by atoms with van der Waals surface area (Å²) in [5.41, 5.74) is 0. The van der Waals surface area contributed by atoms with Gasteiger partial charge >= 0.3 is 0 Å². The molecule has 0 aromatic carbocycles. The summed E-state index contributed by atoms with van der Waals surface area (Å²) in [6, 6.07) is -3.39. The third-order valence-corrected chi connectivity index (χ3v) is 15.3. The van der Waals surface area contributed by atoms with Gasteiger partial charge in [-0.1, -0.05) is 0 Å². The number of nitrogens with one attached hydrogen (secondary N) is 2. The van der Waals surface area contributed by atoms with Crippen molar-refractivity contribution in [2.24, 2.45) is 0 Å². The molecular formula is C46H78N2O36. The highest BCUT2D eigenvalue weighted by Crippen LogP contribution is 2.37. The van der Waals surface area contributed by atoms with E-state index in [1.807, 2.05) is 0 Å². The van der Waals surface area contributed by atoms with Crippen LogP contribution in [-0.4, -0.2) is 380 Å². The second kappa shape index (κ2) is 29.9. The molecule has 7 aliphatic heterocycles. The van der Waals surface area contributed by atoms with Crippen LogP contribution < -0.4 is 10.6 Å². The van der Waals surface area contributed by atoms with Gasteiger partial charge in [0.05, 0.1) is 46.2 Å². The summed E-state index contributed by atoms with van der Waals surface area (Å²) in [5, 5.41) is 231. The van der Waals surface area contributed by atoms with Crippen LogP contribution in [-0.2, 0) is 71.2 Å². The number of carbonyl (C=O) groups excluding carboxylic acids is 2. The quantitative estimate of drug-likeness (QED) is 0.0507. The van der Waals surface area contributed by atoms with E-state index in [1.54, 1.807) is 0 Å². The zero-order valence-electron chi connectivity index (χ0n) is 44.7. The minimum Gasteiger partial charge on any atom is -0.394 e. The van der Waals surface area contributed by atoms with Gasteiger partial charge in [0.15, 0.2) is 44.0 Å². The first kappa shape index (κ1) is 69.1. The largest absolute Gasteiger partial charge is 0.394 e. The van der Waals surface area contributed by atoms with Crippen molar-refractivity contribution in [2.75, 3.05) is 46.2 Å². The van der Waals surface area contributed by atoms with Crippen molar-refractivity contribution in [3.05, 3.63) is 0 Å². The van der Waals surface area contributed by atoms with Crippen LogP contribution in [0.2, 0.25) is 0 Å². The van der Waals surface area contributed by atoms with E-state index in [4.69, 9.17) is 61.6 Å². The maximum atomic E-state index is 12.7. The molecule has 7 rings (SSSR count). The lowest BCUT2D eigenvalue weighted by Crippen LogP contribution is -2.70. The van der Waals surface area contributed by atoms with Gasteiger partial charge in [0.1, 0.15) is 171 Å². The number of hydrogen-bond acceptors (Lipinski definition) is 36. The molecule has 0 aromatic rings. The lowest BCUT2D eigenvalue weighted by Gasteiger charge is -2.50. The van der Waals surface area contributed by atoms with Crippen LogP contribution in [0.15, 0.2) is 0 Å². The van der Waals surface area contributed by atoms with Crippen molar-refractivity contribution < 1.29 is 178 Å². The predicted octanol–water partition coefficient (Wildman–Crippen LogP) is -16.0. The van der Waals surface area contributed by atoms with Crippen LogP contribution in [0.25, 0.3) is 0 Å². The van der Waals surface area contributed by atoms with Gasteiger partial charge in [0.2, 0.25) is 11.8 Å². The number of aliphatic hydroxyl groups excluding tert-OH is 21. The van der Waals surface area contributed by atoms with Crippen LogP contribution in [0.1, 0.15) is 13.8 Å². The number of aliphatic hydroxyl groups is 21. The Morgan fingerprint density at radius 1 is 0.310 bits per heavy atom. The van der Waals surface area contributed by atoms with Gasteiger partial charge in [-0.15, -0.1) is 0 Å². The monoisotopic (exact) mass is 1230 g/mol. The Morgan fingerprint density at radius 3 is 1.14 bits per heavy atom. The first-order valence-corrected chi connectivity index (χ1v) is 26.6. The summed E-state index contributed by atoms with van der Waals surface area (Å²) >= 11 is 0. The zero-order chi connectivity index (χ0) is 61.9. The standard InChI is InChI=1S/C46H78N2O36/c1-10(54)47-19-26(61)36(15(6-52)74-40(19)71)81-41-20(48-11(2)55)27(62)37(16(7-53)78-41)82-45-35(70)38(83-46-39(31(66)23(58)14(5-51)77-46)84-44-34(69)29(64)22(57)13(4-50)76-44)25(60)18(80-45)9-73-43-33(68)30(65)24(59)17(79-43)8-72-42-32(67)28(63)21(56)12(3-49)75-42/h12-46,49-53,56-71H,3-9H2,1-2H3,(H,47,54)(H,48,55)/t12-,13-,14-,15-,16-,17-,18-,19-,20-,21-,22-,23-,24-,25-,26-,27-,28+,29+,30+,31+,32+,33+,34+,35+,36-,37-,38+,39+,40-,41+,42+,43+,44-,45-,46-/m1/s1. The van der Waals surface area contributed by atoms with Crippen molar-refractivity contribution in [1.82, 2.24) is 10.6 Å². The van der Waals surface area contributed by atoms with E-state index in [0.717, 1.165) is 13.8 Å². The molecule has 0 radical (unpaired) electrons. The minimum atomic E-state index is -2.40.